The second-order valence-corrected chi connectivity index (χ2v) is 2.21. The van der Waals surface area contributed by atoms with Crippen molar-refractivity contribution in [3.05, 3.63) is 12.7 Å². The summed E-state index contributed by atoms with van der Waals surface area (Å²) in [7, 11) is 0. The summed E-state index contributed by atoms with van der Waals surface area (Å²) in [5.74, 6) is -7.38. The van der Waals surface area contributed by atoms with Gasteiger partial charge in [-0.25, -0.2) is 14.4 Å². The molecule has 0 saturated heterocycles. The van der Waals surface area contributed by atoms with E-state index in [1.165, 1.54) is 0 Å². The predicted molar refractivity (Wildman–Crippen MR) is 41.0 cm³/mol. The number of esters is 2. The van der Waals surface area contributed by atoms with Gasteiger partial charge in [-0.3, -0.25) is 0 Å². The lowest BCUT2D eigenvalue weighted by Gasteiger charge is -2.06. The van der Waals surface area contributed by atoms with Gasteiger partial charge in [0.2, 0.25) is 0 Å². The molecular formula is C7H4F6O5. The molecule has 0 aromatic heterocycles. The summed E-state index contributed by atoms with van der Waals surface area (Å²) in [6, 6.07) is 0. The predicted octanol–water partition coefficient (Wildman–Crippen LogP) is 1.44. The van der Waals surface area contributed by atoms with E-state index in [0.29, 0.717) is 0 Å². The van der Waals surface area contributed by atoms with Crippen molar-refractivity contribution in [2.45, 2.75) is 12.4 Å². The molecule has 0 radical (unpaired) electrons. The number of carbonyl (C=O) groups excluding carboxylic acids is 2. The topological polar surface area (TPSA) is 80.7 Å². The number of halogens is 6. The van der Waals surface area contributed by atoms with Crippen molar-refractivity contribution in [3.63, 3.8) is 0 Å². The quantitative estimate of drug-likeness (QED) is 0.340. The molecular weight excluding hydrogens is 278 g/mol. The van der Waals surface area contributed by atoms with Crippen molar-refractivity contribution in [1.29, 1.82) is 0 Å². The number of carbonyl (C=O) groups is 3. The van der Waals surface area contributed by atoms with Crippen LogP contribution in [0, 0.1) is 0 Å². The van der Waals surface area contributed by atoms with Gasteiger partial charge < -0.3 is 9.84 Å². The minimum absolute atomic E-state index is 0.833. The normalized spacial score (nSPS) is 10.8. The maximum absolute atomic E-state index is 11.2. The molecule has 0 bridgehead atoms. The van der Waals surface area contributed by atoms with E-state index in [1.807, 2.05) is 0 Å². The van der Waals surface area contributed by atoms with Crippen LogP contribution in [0.25, 0.3) is 0 Å². The molecule has 18 heavy (non-hydrogen) atoms. The largest absolute Gasteiger partial charge is 0.491 e. The number of ether oxygens (including phenoxy) is 1. The Morgan fingerprint density at radius 3 is 1.28 bits per heavy atom. The van der Waals surface area contributed by atoms with Crippen molar-refractivity contribution >= 4 is 17.9 Å². The highest BCUT2D eigenvalue weighted by Gasteiger charge is 2.49. The van der Waals surface area contributed by atoms with Gasteiger partial charge in [-0.2, -0.15) is 26.3 Å². The average molecular weight is 282 g/mol. The first kappa shape index (κ1) is 18.3. The van der Waals surface area contributed by atoms with Crippen LogP contribution in [0.1, 0.15) is 0 Å². The minimum Gasteiger partial charge on any atom is -0.478 e. The molecule has 1 N–H and O–H groups in total. The molecule has 0 heterocycles. The Kier molecular flexibility index (Phi) is 6.72. The highest BCUT2D eigenvalue weighted by atomic mass is 19.4. The van der Waals surface area contributed by atoms with E-state index in [-0.39, 0.29) is 0 Å². The summed E-state index contributed by atoms with van der Waals surface area (Å²) in [6.07, 6.45) is -10.4. The molecule has 0 aromatic carbocycles. The summed E-state index contributed by atoms with van der Waals surface area (Å²) in [6.45, 7) is 2.96. The molecule has 0 aliphatic heterocycles. The van der Waals surface area contributed by atoms with E-state index < -0.39 is 30.3 Å². The zero-order chi connectivity index (χ0) is 15.1. The number of hydrogen-bond acceptors (Lipinski definition) is 4. The fourth-order valence-electron chi connectivity index (χ4n) is 0.200. The molecule has 0 fully saturated rings. The minimum atomic E-state index is -5.62. The number of rotatable bonds is 1. The smallest absolute Gasteiger partial charge is 0.478 e. The molecule has 0 aromatic rings. The number of carboxylic acid groups (broad SMARTS) is 1. The summed E-state index contributed by atoms with van der Waals surface area (Å²) >= 11 is 0. The maximum atomic E-state index is 11.2. The van der Waals surface area contributed by atoms with Crippen molar-refractivity contribution in [3.8, 4) is 0 Å². The Bertz CT molecular complexity index is 317. The van der Waals surface area contributed by atoms with Crippen molar-refractivity contribution < 1.29 is 50.6 Å². The zero-order valence-corrected chi connectivity index (χ0v) is 8.13. The summed E-state index contributed by atoms with van der Waals surface area (Å²) in [5.41, 5.74) is 0. The average Bonchev–Trinajstić information content (AvgIpc) is 2.15. The van der Waals surface area contributed by atoms with Gasteiger partial charge in [0.15, 0.2) is 0 Å². The molecule has 0 rings (SSSR count). The Morgan fingerprint density at radius 1 is 0.944 bits per heavy atom. The first-order valence-corrected chi connectivity index (χ1v) is 3.58. The number of alkyl halides is 6. The SMILES string of the molecule is C=CC(=O)O.O=C(OC(=O)C(F)(F)F)C(F)(F)F. The first-order chi connectivity index (χ1) is 7.82. The van der Waals surface area contributed by atoms with Crippen molar-refractivity contribution in [1.82, 2.24) is 0 Å². The van der Waals surface area contributed by atoms with Gasteiger partial charge in [-0.1, -0.05) is 6.58 Å². The third-order valence-corrected chi connectivity index (χ3v) is 0.823. The van der Waals surface area contributed by atoms with Crippen LogP contribution in [0.2, 0.25) is 0 Å². The fraction of sp³-hybridized carbons (Fsp3) is 0.286. The number of aliphatic carboxylic acids is 1. The highest BCUT2D eigenvalue weighted by Crippen LogP contribution is 2.21. The standard InChI is InChI=1S/C4F6O3.C3H4O2/c5-3(6,7)1(11)13-2(12)4(8,9)10;1-2-3(4)5/h;2H,1H2,(H,4,5). The molecule has 11 heteroatoms. The Balaban J connectivity index is 0. The summed E-state index contributed by atoms with van der Waals surface area (Å²) in [5, 5.41) is 7.60. The van der Waals surface area contributed by atoms with Gasteiger partial charge >= 0.3 is 30.3 Å². The molecule has 0 unspecified atom stereocenters. The lowest BCUT2D eigenvalue weighted by Crippen LogP contribution is -2.34. The van der Waals surface area contributed by atoms with E-state index in [1.54, 1.807) is 0 Å². The molecule has 0 aliphatic rings. The molecule has 0 atom stereocenters. The van der Waals surface area contributed by atoms with Crippen LogP contribution in [-0.2, 0) is 19.1 Å². The lowest BCUT2D eigenvalue weighted by molar-refractivity contribution is -0.221. The second kappa shape index (κ2) is 6.61. The van der Waals surface area contributed by atoms with Crippen LogP contribution < -0.4 is 0 Å². The zero-order valence-electron chi connectivity index (χ0n) is 8.13. The Morgan fingerprint density at radius 2 is 1.17 bits per heavy atom. The summed E-state index contributed by atoms with van der Waals surface area (Å²) in [4.78, 5) is 28.6. The molecule has 0 spiro atoms. The van der Waals surface area contributed by atoms with Gasteiger partial charge in [0.25, 0.3) is 0 Å². The van der Waals surface area contributed by atoms with E-state index in [2.05, 4.69) is 11.3 Å². The highest BCUT2D eigenvalue weighted by molar-refractivity contribution is 5.90. The van der Waals surface area contributed by atoms with Gasteiger partial charge in [-0.05, 0) is 0 Å². The van der Waals surface area contributed by atoms with Crippen LogP contribution in [0.5, 0.6) is 0 Å². The second-order valence-electron chi connectivity index (χ2n) is 2.21. The van der Waals surface area contributed by atoms with Gasteiger partial charge in [0, 0.05) is 6.08 Å². The number of carboxylic acids is 1. The molecule has 0 aliphatic carbocycles. The molecule has 0 amide bonds. The van der Waals surface area contributed by atoms with Crippen LogP contribution in [0.3, 0.4) is 0 Å². The van der Waals surface area contributed by atoms with Crippen LogP contribution in [0.4, 0.5) is 26.3 Å². The van der Waals surface area contributed by atoms with Crippen LogP contribution >= 0.6 is 0 Å². The van der Waals surface area contributed by atoms with Crippen molar-refractivity contribution in [2.24, 2.45) is 0 Å². The first-order valence-electron chi connectivity index (χ1n) is 3.58. The van der Waals surface area contributed by atoms with E-state index in [9.17, 15) is 40.7 Å². The number of hydrogen-bond donors (Lipinski definition) is 1. The van der Waals surface area contributed by atoms with Gasteiger partial charge in [0.1, 0.15) is 0 Å². The van der Waals surface area contributed by atoms with E-state index in [0.717, 1.165) is 6.08 Å². The van der Waals surface area contributed by atoms with Crippen molar-refractivity contribution in [2.75, 3.05) is 0 Å². The summed E-state index contributed by atoms with van der Waals surface area (Å²) < 4.78 is 69.7. The third kappa shape index (κ3) is 9.18. The monoisotopic (exact) mass is 282 g/mol. The van der Waals surface area contributed by atoms with E-state index in [4.69, 9.17) is 5.11 Å². The fourth-order valence-corrected chi connectivity index (χ4v) is 0.200. The van der Waals surface area contributed by atoms with Crippen LogP contribution in [0.15, 0.2) is 12.7 Å². The Labute approximate surface area is 94.6 Å². The maximum Gasteiger partial charge on any atom is 0.491 e. The van der Waals surface area contributed by atoms with E-state index >= 15 is 0 Å². The molecule has 104 valence electrons. The lowest BCUT2D eigenvalue weighted by atomic mass is 10.6. The Hall–Kier alpha value is -2.07. The molecule has 0 saturated carbocycles. The molecule has 5 nitrogen and oxygen atoms in total. The van der Waals surface area contributed by atoms with Gasteiger partial charge in [0.05, 0.1) is 0 Å². The third-order valence-electron chi connectivity index (χ3n) is 0.823. The van der Waals surface area contributed by atoms with Crippen LogP contribution in [-0.4, -0.2) is 35.4 Å². The van der Waals surface area contributed by atoms with Gasteiger partial charge in [-0.15, -0.1) is 0 Å².